The van der Waals surface area contributed by atoms with Crippen LogP contribution >= 0.6 is 0 Å². The van der Waals surface area contributed by atoms with Gasteiger partial charge in [-0.05, 0) is 48.9 Å². The van der Waals surface area contributed by atoms with Crippen molar-refractivity contribution in [3.8, 4) is 0 Å². The number of rotatable bonds is 2. The Morgan fingerprint density at radius 3 is 2.75 bits per heavy atom. The zero-order valence-electron chi connectivity index (χ0n) is 13.9. The zero-order valence-corrected chi connectivity index (χ0v) is 13.9. The van der Waals surface area contributed by atoms with Gasteiger partial charge in [0.15, 0.2) is 0 Å². The summed E-state index contributed by atoms with van der Waals surface area (Å²) in [6.45, 7) is 4.35. The highest BCUT2D eigenvalue weighted by Crippen LogP contribution is 2.41. The highest BCUT2D eigenvalue weighted by molar-refractivity contribution is 6.08. The van der Waals surface area contributed by atoms with Gasteiger partial charge in [-0.15, -0.1) is 0 Å². The number of benzene rings is 2. The fraction of sp³-hybridized carbons (Fsp3) is 0.300. The number of fused-ring (bicyclic) bond motifs is 2. The van der Waals surface area contributed by atoms with Crippen molar-refractivity contribution in [2.45, 2.75) is 38.8 Å². The lowest BCUT2D eigenvalue weighted by Crippen LogP contribution is -2.41. The quantitative estimate of drug-likeness (QED) is 0.864. The smallest absolute Gasteiger partial charge is 0.319 e. The van der Waals surface area contributed by atoms with Crippen LogP contribution in [0.15, 0.2) is 42.5 Å². The van der Waals surface area contributed by atoms with Crippen LogP contribution < -0.4 is 5.32 Å². The minimum atomic E-state index is -0.870. The Balaban J connectivity index is 1.69. The second kappa shape index (κ2) is 5.20. The third-order valence-electron chi connectivity index (χ3n) is 5.26. The number of aryl methyl sites for hydroxylation is 3. The summed E-state index contributed by atoms with van der Waals surface area (Å²) in [5.41, 5.74) is 4.47. The van der Waals surface area contributed by atoms with Crippen LogP contribution in [0.1, 0.15) is 34.2 Å². The SMILES string of the molecule is Cc1ccc(C)c(CN2C(=O)N[C@]3(CCc4ccccc43)C2=O)c1. The highest BCUT2D eigenvalue weighted by Gasteiger charge is 2.55. The fourth-order valence-electron chi connectivity index (χ4n) is 3.87. The Bertz CT molecular complexity index is 858. The maximum atomic E-state index is 13.1. The molecule has 2 aromatic rings. The van der Waals surface area contributed by atoms with Crippen molar-refractivity contribution in [1.82, 2.24) is 10.2 Å². The van der Waals surface area contributed by atoms with Crippen molar-refractivity contribution in [2.24, 2.45) is 0 Å². The van der Waals surface area contributed by atoms with E-state index < -0.39 is 5.54 Å². The molecule has 122 valence electrons. The van der Waals surface area contributed by atoms with E-state index >= 15 is 0 Å². The number of amides is 3. The molecule has 2 aromatic carbocycles. The van der Waals surface area contributed by atoms with Gasteiger partial charge in [0.05, 0.1) is 6.54 Å². The molecular weight excluding hydrogens is 300 g/mol. The summed E-state index contributed by atoms with van der Waals surface area (Å²) in [7, 11) is 0. The second-order valence-electron chi connectivity index (χ2n) is 6.81. The molecule has 0 bridgehead atoms. The van der Waals surface area contributed by atoms with Gasteiger partial charge in [-0.1, -0.05) is 48.0 Å². The summed E-state index contributed by atoms with van der Waals surface area (Å²) in [5, 5.41) is 2.98. The molecule has 1 aliphatic heterocycles. The lowest BCUT2D eigenvalue weighted by molar-refractivity contribution is -0.132. The van der Waals surface area contributed by atoms with Gasteiger partial charge in [-0.25, -0.2) is 4.79 Å². The van der Waals surface area contributed by atoms with E-state index in [1.165, 1.54) is 4.90 Å². The third kappa shape index (κ3) is 2.06. The van der Waals surface area contributed by atoms with Crippen molar-refractivity contribution in [2.75, 3.05) is 0 Å². The summed E-state index contributed by atoms with van der Waals surface area (Å²) >= 11 is 0. The van der Waals surface area contributed by atoms with Crippen LogP contribution in [0.5, 0.6) is 0 Å². The highest BCUT2D eigenvalue weighted by atomic mass is 16.2. The summed E-state index contributed by atoms with van der Waals surface area (Å²) in [6, 6.07) is 13.7. The first-order chi connectivity index (χ1) is 11.5. The number of carbonyl (C=O) groups excluding carboxylic acids is 2. The molecule has 24 heavy (non-hydrogen) atoms. The van der Waals surface area contributed by atoms with E-state index in [1.54, 1.807) is 0 Å². The molecule has 0 saturated carbocycles. The Kier molecular flexibility index (Phi) is 3.23. The largest absolute Gasteiger partial charge is 0.325 e. The van der Waals surface area contributed by atoms with Crippen LogP contribution in [-0.4, -0.2) is 16.8 Å². The summed E-state index contributed by atoms with van der Waals surface area (Å²) in [4.78, 5) is 27.1. The van der Waals surface area contributed by atoms with Gasteiger partial charge in [-0.3, -0.25) is 9.69 Å². The molecule has 1 N–H and O–H groups in total. The number of imide groups is 1. The Morgan fingerprint density at radius 2 is 1.92 bits per heavy atom. The van der Waals surface area contributed by atoms with Gasteiger partial charge in [0.25, 0.3) is 5.91 Å². The molecule has 0 aromatic heterocycles. The topological polar surface area (TPSA) is 49.4 Å². The molecule has 0 unspecified atom stereocenters. The number of hydrogen-bond donors (Lipinski definition) is 1. The molecule has 4 heteroatoms. The van der Waals surface area contributed by atoms with Crippen molar-refractivity contribution in [3.63, 3.8) is 0 Å². The van der Waals surface area contributed by atoms with Crippen LogP contribution in [0.2, 0.25) is 0 Å². The molecule has 1 heterocycles. The molecule has 1 saturated heterocycles. The molecule has 4 rings (SSSR count). The van der Waals surface area contributed by atoms with E-state index in [2.05, 4.69) is 5.32 Å². The van der Waals surface area contributed by atoms with Crippen molar-refractivity contribution < 1.29 is 9.59 Å². The molecule has 1 fully saturated rings. The number of carbonyl (C=O) groups is 2. The molecule has 1 atom stereocenters. The molecule has 4 nitrogen and oxygen atoms in total. The molecular formula is C20H20N2O2. The first-order valence-electron chi connectivity index (χ1n) is 8.30. The average molecular weight is 320 g/mol. The van der Waals surface area contributed by atoms with Gasteiger partial charge in [0, 0.05) is 0 Å². The third-order valence-corrected chi connectivity index (χ3v) is 5.26. The molecule has 1 spiro atoms. The lowest BCUT2D eigenvalue weighted by Gasteiger charge is -2.22. The van der Waals surface area contributed by atoms with E-state index in [-0.39, 0.29) is 11.9 Å². The molecule has 0 radical (unpaired) electrons. The lowest BCUT2D eigenvalue weighted by atomic mass is 9.91. The summed E-state index contributed by atoms with van der Waals surface area (Å²) in [6.07, 6.45) is 1.46. The summed E-state index contributed by atoms with van der Waals surface area (Å²) < 4.78 is 0. The number of hydrogen-bond acceptors (Lipinski definition) is 2. The van der Waals surface area contributed by atoms with E-state index in [1.807, 2.05) is 56.3 Å². The van der Waals surface area contributed by atoms with E-state index in [4.69, 9.17) is 0 Å². The maximum Gasteiger partial charge on any atom is 0.325 e. The van der Waals surface area contributed by atoms with E-state index in [0.717, 1.165) is 34.2 Å². The van der Waals surface area contributed by atoms with Crippen molar-refractivity contribution in [1.29, 1.82) is 0 Å². The van der Waals surface area contributed by atoms with Gasteiger partial charge in [0.2, 0.25) is 0 Å². The monoisotopic (exact) mass is 320 g/mol. The number of nitrogens with one attached hydrogen (secondary N) is 1. The first kappa shape index (κ1) is 14.9. The minimum absolute atomic E-state index is 0.127. The first-order valence-corrected chi connectivity index (χ1v) is 8.30. The Hall–Kier alpha value is -2.62. The van der Waals surface area contributed by atoms with Crippen LogP contribution in [0, 0.1) is 13.8 Å². The van der Waals surface area contributed by atoms with Crippen LogP contribution in [0.25, 0.3) is 0 Å². The average Bonchev–Trinajstić information content (AvgIpc) is 3.05. The normalized spacial score (nSPS) is 22.2. The standard InChI is InChI=1S/C20H20N2O2/c1-13-7-8-14(2)16(11-13)12-22-18(23)20(21-19(22)24)10-9-15-5-3-4-6-17(15)20/h3-8,11H,9-10,12H2,1-2H3,(H,21,24)/t20-/m0/s1. The predicted octanol–water partition coefficient (Wildman–Crippen LogP) is 3.20. The number of nitrogens with zero attached hydrogens (tertiary/aromatic N) is 1. The predicted molar refractivity (Wildman–Crippen MR) is 91.4 cm³/mol. The van der Waals surface area contributed by atoms with Gasteiger partial charge >= 0.3 is 6.03 Å². The zero-order chi connectivity index (χ0) is 16.9. The second-order valence-corrected chi connectivity index (χ2v) is 6.81. The number of urea groups is 1. The van der Waals surface area contributed by atoms with Crippen molar-refractivity contribution >= 4 is 11.9 Å². The van der Waals surface area contributed by atoms with E-state index in [9.17, 15) is 9.59 Å². The van der Waals surface area contributed by atoms with Crippen molar-refractivity contribution in [3.05, 3.63) is 70.3 Å². The molecule has 2 aliphatic rings. The van der Waals surface area contributed by atoms with Gasteiger partial charge in [-0.2, -0.15) is 0 Å². The molecule has 3 amide bonds. The summed E-state index contributed by atoms with van der Waals surface area (Å²) in [5.74, 6) is -0.127. The van der Waals surface area contributed by atoms with Crippen LogP contribution in [0.4, 0.5) is 4.79 Å². The molecule has 1 aliphatic carbocycles. The minimum Gasteiger partial charge on any atom is -0.319 e. The van der Waals surface area contributed by atoms with Gasteiger partial charge < -0.3 is 5.32 Å². The Labute approximate surface area is 141 Å². The van der Waals surface area contributed by atoms with Crippen LogP contribution in [-0.2, 0) is 23.3 Å². The van der Waals surface area contributed by atoms with Gasteiger partial charge in [0.1, 0.15) is 5.54 Å². The van der Waals surface area contributed by atoms with Crippen LogP contribution in [0.3, 0.4) is 0 Å². The fourth-order valence-corrected chi connectivity index (χ4v) is 3.87. The Morgan fingerprint density at radius 1 is 1.12 bits per heavy atom. The maximum absolute atomic E-state index is 13.1. The van der Waals surface area contributed by atoms with E-state index in [0.29, 0.717) is 13.0 Å².